The minimum Gasteiger partial charge on any atom is -0.454 e. The van der Waals surface area contributed by atoms with E-state index in [-0.39, 0.29) is 6.79 Å². The van der Waals surface area contributed by atoms with Gasteiger partial charge in [0.05, 0.1) is 0 Å². The van der Waals surface area contributed by atoms with Crippen LogP contribution in [0.2, 0.25) is 0 Å². The van der Waals surface area contributed by atoms with Crippen LogP contribution in [0.4, 0.5) is 17.5 Å². The van der Waals surface area contributed by atoms with Crippen LogP contribution in [0.5, 0.6) is 11.5 Å². The Hall–Kier alpha value is -3.28. The third kappa shape index (κ3) is 3.95. The topological polar surface area (TPSA) is 68.3 Å². The molecule has 0 fully saturated rings. The maximum atomic E-state index is 5.43. The van der Waals surface area contributed by atoms with Crippen molar-refractivity contribution in [1.82, 2.24) is 9.97 Å². The Bertz CT molecular complexity index is 988. The van der Waals surface area contributed by atoms with Crippen LogP contribution in [0.1, 0.15) is 22.4 Å². The van der Waals surface area contributed by atoms with Crippen molar-refractivity contribution in [3.63, 3.8) is 0 Å². The first-order valence-corrected chi connectivity index (χ1v) is 8.89. The molecular formula is C21H22N4O2. The van der Waals surface area contributed by atoms with Crippen LogP contribution in [0.3, 0.4) is 0 Å². The first kappa shape index (κ1) is 17.1. The van der Waals surface area contributed by atoms with E-state index in [0.29, 0.717) is 12.5 Å². The Labute approximate surface area is 158 Å². The minimum absolute atomic E-state index is 0.278. The van der Waals surface area contributed by atoms with Crippen molar-refractivity contribution >= 4 is 17.5 Å². The second-order valence-electron chi connectivity index (χ2n) is 6.70. The lowest BCUT2D eigenvalue weighted by molar-refractivity contribution is 0.174. The minimum atomic E-state index is 0.278. The van der Waals surface area contributed by atoms with Gasteiger partial charge in [0.25, 0.3) is 0 Å². The highest BCUT2D eigenvalue weighted by Gasteiger charge is 2.13. The number of hydrogen-bond acceptors (Lipinski definition) is 6. The van der Waals surface area contributed by atoms with E-state index in [4.69, 9.17) is 9.47 Å². The van der Waals surface area contributed by atoms with Gasteiger partial charge in [0.15, 0.2) is 11.5 Å². The van der Waals surface area contributed by atoms with Crippen LogP contribution in [0, 0.1) is 20.8 Å². The third-order valence-corrected chi connectivity index (χ3v) is 4.40. The monoisotopic (exact) mass is 362 g/mol. The number of hydrogen-bond donors (Lipinski definition) is 2. The second-order valence-corrected chi connectivity index (χ2v) is 6.70. The Morgan fingerprint density at radius 3 is 2.67 bits per heavy atom. The summed E-state index contributed by atoms with van der Waals surface area (Å²) in [5, 5.41) is 6.69. The van der Waals surface area contributed by atoms with Gasteiger partial charge in [-0.25, -0.2) is 4.98 Å². The number of fused-ring (bicyclic) bond motifs is 1. The highest BCUT2D eigenvalue weighted by Crippen LogP contribution is 2.32. The molecule has 2 aromatic carbocycles. The average Bonchev–Trinajstić information content (AvgIpc) is 3.10. The van der Waals surface area contributed by atoms with Gasteiger partial charge in [-0.15, -0.1) is 0 Å². The van der Waals surface area contributed by atoms with Gasteiger partial charge in [-0.05, 0) is 55.7 Å². The van der Waals surface area contributed by atoms with Gasteiger partial charge in [0, 0.05) is 24.0 Å². The Morgan fingerprint density at radius 1 is 0.926 bits per heavy atom. The summed E-state index contributed by atoms with van der Waals surface area (Å²) in [4.78, 5) is 9.08. The summed E-state index contributed by atoms with van der Waals surface area (Å²) in [7, 11) is 0. The van der Waals surface area contributed by atoms with Gasteiger partial charge in [-0.2, -0.15) is 4.98 Å². The second kappa shape index (κ2) is 7.15. The van der Waals surface area contributed by atoms with E-state index in [2.05, 4.69) is 52.6 Å². The van der Waals surface area contributed by atoms with Crippen LogP contribution in [0.25, 0.3) is 0 Å². The summed E-state index contributed by atoms with van der Waals surface area (Å²) >= 11 is 0. The van der Waals surface area contributed by atoms with Crippen LogP contribution >= 0.6 is 0 Å². The lowest BCUT2D eigenvalue weighted by Gasteiger charge is -2.12. The number of nitrogens with zero attached hydrogens (tertiary/aromatic N) is 2. The molecule has 138 valence electrons. The fourth-order valence-electron chi connectivity index (χ4n) is 2.95. The Morgan fingerprint density at radius 2 is 1.78 bits per heavy atom. The zero-order valence-corrected chi connectivity index (χ0v) is 15.7. The number of ether oxygens (including phenoxy) is 2. The molecule has 27 heavy (non-hydrogen) atoms. The molecule has 4 rings (SSSR count). The number of aryl methyl sites for hydroxylation is 3. The van der Waals surface area contributed by atoms with Gasteiger partial charge in [0.2, 0.25) is 12.7 Å². The molecule has 2 N–H and O–H groups in total. The fraction of sp³-hybridized carbons (Fsp3) is 0.238. The molecule has 1 aliphatic heterocycles. The number of nitrogens with one attached hydrogen (secondary N) is 2. The van der Waals surface area contributed by atoms with Gasteiger partial charge >= 0.3 is 0 Å². The van der Waals surface area contributed by atoms with Crippen LogP contribution in [0.15, 0.2) is 42.5 Å². The first-order chi connectivity index (χ1) is 13.1. The molecular weight excluding hydrogens is 340 g/mol. The van der Waals surface area contributed by atoms with E-state index >= 15 is 0 Å². The molecule has 0 saturated heterocycles. The lowest BCUT2D eigenvalue weighted by atomic mass is 10.1. The van der Waals surface area contributed by atoms with E-state index in [1.807, 2.05) is 31.2 Å². The van der Waals surface area contributed by atoms with Crippen LogP contribution < -0.4 is 20.1 Å². The van der Waals surface area contributed by atoms with Crippen molar-refractivity contribution in [2.24, 2.45) is 0 Å². The molecule has 0 bridgehead atoms. The molecule has 1 aliphatic rings. The quantitative estimate of drug-likeness (QED) is 0.697. The normalized spacial score (nSPS) is 12.1. The summed E-state index contributed by atoms with van der Waals surface area (Å²) in [6.45, 7) is 6.99. The predicted octanol–water partition coefficient (Wildman–Crippen LogP) is 4.49. The van der Waals surface area contributed by atoms with Crippen molar-refractivity contribution in [2.75, 3.05) is 17.4 Å². The summed E-state index contributed by atoms with van der Waals surface area (Å²) < 4.78 is 10.8. The Kier molecular flexibility index (Phi) is 4.54. The van der Waals surface area contributed by atoms with Gasteiger partial charge < -0.3 is 20.1 Å². The number of rotatable bonds is 5. The van der Waals surface area contributed by atoms with Gasteiger partial charge in [0.1, 0.15) is 5.82 Å². The average molecular weight is 362 g/mol. The number of benzene rings is 2. The predicted molar refractivity (Wildman–Crippen MR) is 106 cm³/mol. The summed E-state index contributed by atoms with van der Waals surface area (Å²) in [5.41, 5.74) is 5.40. The molecule has 3 aromatic rings. The standard InChI is InChI=1S/C21H22N4O2/c1-13-4-5-14(2)17(8-13)24-20-9-15(3)23-21(25-20)22-11-16-6-7-18-19(10-16)27-12-26-18/h4-10H,11-12H2,1-3H3,(H2,22,23,24,25). The van der Waals surface area contributed by atoms with Crippen molar-refractivity contribution in [3.8, 4) is 11.5 Å². The van der Waals surface area contributed by atoms with E-state index in [1.165, 1.54) is 11.1 Å². The summed E-state index contributed by atoms with van der Waals surface area (Å²) in [5.74, 6) is 2.91. The van der Waals surface area contributed by atoms with Gasteiger partial charge in [-0.1, -0.05) is 18.2 Å². The maximum Gasteiger partial charge on any atom is 0.231 e. The molecule has 2 heterocycles. The summed E-state index contributed by atoms with van der Waals surface area (Å²) in [6.07, 6.45) is 0. The maximum absolute atomic E-state index is 5.43. The third-order valence-electron chi connectivity index (χ3n) is 4.40. The molecule has 6 nitrogen and oxygen atoms in total. The van der Waals surface area contributed by atoms with Crippen molar-refractivity contribution in [1.29, 1.82) is 0 Å². The number of aromatic nitrogens is 2. The van der Waals surface area contributed by atoms with E-state index < -0.39 is 0 Å². The highest BCUT2D eigenvalue weighted by atomic mass is 16.7. The lowest BCUT2D eigenvalue weighted by Crippen LogP contribution is -2.06. The van der Waals surface area contributed by atoms with Crippen molar-refractivity contribution in [2.45, 2.75) is 27.3 Å². The highest BCUT2D eigenvalue weighted by molar-refractivity contribution is 5.62. The van der Waals surface area contributed by atoms with Gasteiger partial charge in [-0.3, -0.25) is 0 Å². The molecule has 6 heteroatoms. The van der Waals surface area contributed by atoms with Crippen molar-refractivity contribution in [3.05, 3.63) is 64.8 Å². The summed E-state index contributed by atoms with van der Waals surface area (Å²) in [6, 6.07) is 14.2. The van der Waals surface area contributed by atoms with Crippen LogP contribution in [-0.4, -0.2) is 16.8 Å². The molecule has 0 atom stereocenters. The smallest absolute Gasteiger partial charge is 0.231 e. The first-order valence-electron chi connectivity index (χ1n) is 8.89. The fourth-order valence-corrected chi connectivity index (χ4v) is 2.95. The zero-order chi connectivity index (χ0) is 18.8. The van der Waals surface area contributed by atoms with E-state index in [0.717, 1.165) is 34.3 Å². The molecule has 0 radical (unpaired) electrons. The van der Waals surface area contributed by atoms with E-state index in [9.17, 15) is 0 Å². The molecule has 0 spiro atoms. The molecule has 0 saturated carbocycles. The molecule has 1 aromatic heterocycles. The zero-order valence-electron chi connectivity index (χ0n) is 15.7. The Balaban J connectivity index is 1.49. The largest absolute Gasteiger partial charge is 0.454 e. The van der Waals surface area contributed by atoms with Crippen LogP contribution in [-0.2, 0) is 6.54 Å². The molecule has 0 unspecified atom stereocenters. The number of anilines is 3. The van der Waals surface area contributed by atoms with Crippen molar-refractivity contribution < 1.29 is 9.47 Å². The SMILES string of the molecule is Cc1ccc(C)c(Nc2cc(C)nc(NCc3ccc4c(c3)OCO4)n2)c1. The molecule has 0 amide bonds. The molecule has 0 aliphatic carbocycles. The van der Waals surface area contributed by atoms with E-state index in [1.54, 1.807) is 0 Å².